The predicted molar refractivity (Wildman–Crippen MR) is 81.6 cm³/mol. The molecule has 2 atom stereocenters. The SMILES string of the molecule is O=C1NC(=O)C2(N1)c1ccccc1-c1ccc(C3CC3(F)F)cc12. The van der Waals surface area contributed by atoms with E-state index in [0.717, 1.165) is 11.1 Å². The number of alkyl halides is 2. The van der Waals surface area contributed by atoms with Crippen molar-refractivity contribution in [2.75, 3.05) is 0 Å². The van der Waals surface area contributed by atoms with Gasteiger partial charge in [-0.3, -0.25) is 10.1 Å². The predicted octanol–water partition coefficient (Wildman–Crippen LogP) is 2.87. The molecule has 1 saturated heterocycles. The molecule has 3 aliphatic rings. The van der Waals surface area contributed by atoms with Crippen molar-refractivity contribution in [1.82, 2.24) is 10.6 Å². The number of carbonyl (C=O) groups excluding carboxylic acids is 2. The average molecular weight is 326 g/mol. The van der Waals surface area contributed by atoms with Gasteiger partial charge < -0.3 is 5.32 Å². The maximum Gasteiger partial charge on any atom is 0.322 e. The highest BCUT2D eigenvalue weighted by Crippen LogP contribution is 2.57. The zero-order valence-corrected chi connectivity index (χ0v) is 12.4. The topological polar surface area (TPSA) is 58.2 Å². The fourth-order valence-electron chi connectivity index (χ4n) is 3.92. The fraction of sp³-hybridized carbons (Fsp3) is 0.222. The van der Waals surface area contributed by atoms with Crippen molar-refractivity contribution < 1.29 is 18.4 Å². The third-order valence-corrected chi connectivity index (χ3v) is 5.17. The van der Waals surface area contributed by atoms with E-state index in [1.54, 1.807) is 30.3 Å². The lowest BCUT2D eigenvalue weighted by molar-refractivity contribution is -0.122. The second kappa shape index (κ2) is 4.01. The maximum absolute atomic E-state index is 13.5. The number of carbonyl (C=O) groups is 2. The summed E-state index contributed by atoms with van der Waals surface area (Å²) in [4.78, 5) is 24.4. The van der Waals surface area contributed by atoms with E-state index in [4.69, 9.17) is 0 Å². The van der Waals surface area contributed by atoms with Crippen molar-refractivity contribution in [2.24, 2.45) is 0 Å². The maximum atomic E-state index is 13.5. The van der Waals surface area contributed by atoms with Crippen LogP contribution in [0, 0.1) is 0 Å². The summed E-state index contributed by atoms with van der Waals surface area (Å²) in [6.45, 7) is 0. The van der Waals surface area contributed by atoms with Crippen LogP contribution in [0.5, 0.6) is 0 Å². The van der Waals surface area contributed by atoms with Crippen LogP contribution in [-0.4, -0.2) is 17.9 Å². The average Bonchev–Trinajstić information content (AvgIpc) is 2.95. The van der Waals surface area contributed by atoms with Gasteiger partial charge in [0.25, 0.3) is 11.8 Å². The first-order valence-electron chi connectivity index (χ1n) is 7.69. The Balaban J connectivity index is 1.77. The Morgan fingerprint density at radius 2 is 1.71 bits per heavy atom. The summed E-state index contributed by atoms with van der Waals surface area (Å²) in [6.07, 6.45) is -0.176. The molecule has 24 heavy (non-hydrogen) atoms. The van der Waals surface area contributed by atoms with Gasteiger partial charge in [-0.1, -0.05) is 42.5 Å². The van der Waals surface area contributed by atoms with Gasteiger partial charge in [0.05, 0.1) is 5.92 Å². The quantitative estimate of drug-likeness (QED) is 0.792. The molecule has 3 amide bonds. The molecule has 2 aromatic rings. The minimum absolute atomic E-state index is 0.176. The van der Waals surface area contributed by atoms with Gasteiger partial charge in [0, 0.05) is 6.42 Å². The molecule has 2 aliphatic carbocycles. The number of benzene rings is 2. The molecule has 0 aromatic heterocycles. The lowest BCUT2D eigenvalue weighted by Gasteiger charge is -2.23. The highest BCUT2D eigenvalue weighted by molar-refractivity contribution is 6.13. The number of amides is 3. The van der Waals surface area contributed by atoms with E-state index >= 15 is 0 Å². The van der Waals surface area contributed by atoms with Gasteiger partial charge in [-0.05, 0) is 27.8 Å². The number of urea groups is 1. The fourth-order valence-corrected chi connectivity index (χ4v) is 3.92. The third kappa shape index (κ3) is 1.50. The van der Waals surface area contributed by atoms with E-state index < -0.39 is 29.3 Å². The number of fused-ring (bicyclic) bond motifs is 5. The van der Waals surface area contributed by atoms with Crippen molar-refractivity contribution in [3.05, 3.63) is 59.2 Å². The van der Waals surface area contributed by atoms with E-state index in [1.807, 2.05) is 12.1 Å². The molecule has 2 N–H and O–H groups in total. The van der Waals surface area contributed by atoms with Crippen LogP contribution in [0.3, 0.4) is 0 Å². The number of rotatable bonds is 1. The minimum Gasteiger partial charge on any atom is -0.316 e. The molecule has 1 heterocycles. The zero-order valence-electron chi connectivity index (χ0n) is 12.4. The van der Waals surface area contributed by atoms with Crippen LogP contribution in [0.15, 0.2) is 42.5 Å². The van der Waals surface area contributed by atoms with Crippen LogP contribution in [0.2, 0.25) is 0 Å². The zero-order chi connectivity index (χ0) is 16.7. The van der Waals surface area contributed by atoms with Gasteiger partial charge in [-0.25, -0.2) is 13.6 Å². The van der Waals surface area contributed by atoms with E-state index in [9.17, 15) is 18.4 Å². The minimum atomic E-state index is -2.69. The van der Waals surface area contributed by atoms with Crippen LogP contribution >= 0.6 is 0 Å². The number of imide groups is 1. The molecule has 0 bridgehead atoms. The summed E-state index contributed by atoms with van der Waals surface area (Å²) >= 11 is 0. The number of halogens is 2. The largest absolute Gasteiger partial charge is 0.322 e. The van der Waals surface area contributed by atoms with Gasteiger partial charge in [0.1, 0.15) is 0 Å². The van der Waals surface area contributed by atoms with Gasteiger partial charge in [-0.2, -0.15) is 0 Å². The molecule has 5 rings (SSSR count). The second-order valence-corrected chi connectivity index (χ2v) is 6.53. The molecule has 6 heteroatoms. The first-order valence-corrected chi connectivity index (χ1v) is 7.69. The summed E-state index contributed by atoms with van der Waals surface area (Å²) in [5.74, 6) is -3.98. The molecular formula is C18H12F2N2O2. The second-order valence-electron chi connectivity index (χ2n) is 6.53. The Hall–Kier alpha value is -2.76. The molecular weight excluding hydrogens is 314 g/mol. The standard InChI is InChI=1S/C18H12F2N2O2/c19-17(20)8-14(17)9-5-6-11-10-3-1-2-4-12(10)18(13(11)7-9)15(23)21-16(24)22-18/h1-7,14H,8H2,(H2,21,22,23,24). The van der Waals surface area contributed by atoms with Crippen molar-refractivity contribution in [2.45, 2.75) is 23.8 Å². The lowest BCUT2D eigenvalue weighted by Crippen LogP contribution is -2.43. The Labute approximate surface area is 135 Å². The summed E-state index contributed by atoms with van der Waals surface area (Å²) in [7, 11) is 0. The van der Waals surface area contributed by atoms with Crippen molar-refractivity contribution >= 4 is 11.9 Å². The summed E-state index contributed by atoms with van der Waals surface area (Å²) < 4.78 is 26.9. The molecule has 4 nitrogen and oxygen atoms in total. The van der Waals surface area contributed by atoms with Gasteiger partial charge in [-0.15, -0.1) is 0 Å². The highest BCUT2D eigenvalue weighted by atomic mass is 19.3. The van der Waals surface area contributed by atoms with Crippen LogP contribution in [0.4, 0.5) is 13.6 Å². The number of hydrogen-bond donors (Lipinski definition) is 2. The molecule has 1 spiro atoms. The Bertz CT molecular complexity index is 940. The molecule has 1 aliphatic heterocycles. The first-order chi connectivity index (χ1) is 11.4. The van der Waals surface area contributed by atoms with Crippen LogP contribution in [0.1, 0.15) is 29.0 Å². The van der Waals surface area contributed by atoms with Crippen molar-refractivity contribution in [3.63, 3.8) is 0 Å². The monoisotopic (exact) mass is 326 g/mol. The molecule has 120 valence electrons. The van der Waals surface area contributed by atoms with E-state index in [0.29, 0.717) is 16.7 Å². The normalized spacial score (nSPS) is 28.3. The number of nitrogens with one attached hydrogen (secondary N) is 2. The van der Waals surface area contributed by atoms with Gasteiger partial charge in [0.15, 0.2) is 5.54 Å². The van der Waals surface area contributed by atoms with Crippen molar-refractivity contribution in [3.8, 4) is 11.1 Å². The Morgan fingerprint density at radius 3 is 2.38 bits per heavy atom. The van der Waals surface area contributed by atoms with Crippen molar-refractivity contribution in [1.29, 1.82) is 0 Å². The molecule has 0 radical (unpaired) electrons. The van der Waals surface area contributed by atoms with Crippen LogP contribution in [0.25, 0.3) is 11.1 Å². The van der Waals surface area contributed by atoms with Crippen LogP contribution < -0.4 is 10.6 Å². The molecule has 2 unspecified atom stereocenters. The summed E-state index contributed by atoms with van der Waals surface area (Å²) in [6, 6.07) is 11.8. The third-order valence-electron chi connectivity index (χ3n) is 5.17. The van der Waals surface area contributed by atoms with E-state index in [-0.39, 0.29) is 6.42 Å². The summed E-state index contributed by atoms with van der Waals surface area (Å²) in [5, 5.41) is 4.99. The van der Waals surface area contributed by atoms with Gasteiger partial charge >= 0.3 is 6.03 Å². The van der Waals surface area contributed by atoms with E-state index in [2.05, 4.69) is 10.6 Å². The molecule has 1 saturated carbocycles. The van der Waals surface area contributed by atoms with E-state index in [1.165, 1.54) is 0 Å². The Morgan fingerprint density at radius 1 is 1.00 bits per heavy atom. The number of hydrogen-bond acceptors (Lipinski definition) is 2. The molecule has 2 aromatic carbocycles. The van der Waals surface area contributed by atoms with Crippen LogP contribution in [-0.2, 0) is 10.3 Å². The Kier molecular flexibility index (Phi) is 2.28. The smallest absolute Gasteiger partial charge is 0.316 e. The summed E-state index contributed by atoms with van der Waals surface area (Å²) in [5.41, 5.74) is 2.02. The lowest BCUT2D eigenvalue weighted by atomic mass is 9.86. The highest BCUT2D eigenvalue weighted by Gasteiger charge is 2.59. The molecule has 2 fully saturated rings. The first kappa shape index (κ1) is 13.7. The van der Waals surface area contributed by atoms with Gasteiger partial charge in [0.2, 0.25) is 0 Å².